The molecule has 1 amide bonds. The van der Waals surface area contributed by atoms with E-state index >= 15 is 0 Å². The first kappa shape index (κ1) is 18.0. The fourth-order valence-corrected chi connectivity index (χ4v) is 2.63. The van der Waals surface area contributed by atoms with Gasteiger partial charge in [-0.3, -0.25) is 4.79 Å². The van der Waals surface area contributed by atoms with Gasteiger partial charge in [0.2, 0.25) is 11.7 Å². The molecule has 0 saturated heterocycles. The van der Waals surface area contributed by atoms with Gasteiger partial charge < -0.3 is 19.5 Å². The minimum atomic E-state index is -0.138. The van der Waals surface area contributed by atoms with E-state index in [0.717, 1.165) is 0 Å². The lowest BCUT2D eigenvalue weighted by Crippen LogP contribution is -2.11. The molecule has 0 unspecified atom stereocenters. The molecule has 26 heavy (non-hydrogen) atoms. The Morgan fingerprint density at radius 1 is 1.04 bits per heavy atom. The molecular formula is C17H17BrN4O4. The molecular weight excluding hydrogens is 404 g/mol. The molecule has 0 aliphatic heterocycles. The van der Waals surface area contributed by atoms with Crippen molar-refractivity contribution in [3.63, 3.8) is 0 Å². The summed E-state index contributed by atoms with van der Waals surface area (Å²) < 4.78 is 16.1. The number of nitrogens with one attached hydrogen (secondary N) is 1. The SMILES string of the molecule is COc1cc(-n2nc3ccc(NC(=O)CBr)cc3n2)cc(OC)c1OC. The van der Waals surface area contributed by atoms with Crippen molar-refractivity contribution >= 4 is 38.6 Å². The van der Waals surface area contributed by atoms with Crippen LogP contribution < -0.4 is 19.5 Å². The quantitative estimate of drug-likeness (QED) is 0.616. The molecule has 9 heteroatoms. The number of hydrogen-bond donors (Lipinski definition) is 1. The number of fused-ring (bicyclic) bond motifs is 1. The lowest BCUT2D eigenvalue weighted by atomic mass is 10.2. The van der Waals surface area contributed by atoms with Crippen LogP contribution in [0.1, 0.15) is 0 Å². The van der Waals surface area contributed by atoms with E-state index in [1.807, 2.05) is 0 Å². The maximum atomic E-state index is 11.5. The Bertz CT molecular complexity index is 932. The number of methoxy groups -OCH3 is 3. The Morgan fingerprint density at radius 3 is 2.27 bits per heavy atom. The molecule has 1 N–H and O–H groups in total. The second kappa shape index (κ2) is 7.61. The van der Waals surface area contributed by atoms with Crippen LogP contribution in [0.15, 0.2) is 30.3 Å². The van der Waals surface area contributed by atoms with Gasteiger partial charge in [-0.25, -0.2) is 0 Å². The van der Waals surface area contributed by atoms with Crippen LogP contribution >= 0.6 is 15.9 Å². The first-order valence-electron chi connectivity index (χ1n) is 7.63. The fourth-order valence-electron chi connectivity index (χ4n) is 2.48. The molecule has 0 bridgehead atoms. The highest BCUT2D eigenvalue weighted by molar-refractivity contribution is 9.09. The highest BCUT2D eigenvalue weighted by Gasteiger charge is 2.16. The Morgan fingerprint density at radius 2 is 1.69 bits per heavy atom. The van der Waals surface area contributed by atoms with E-state index in [9.17, 15) is 4.79 Å². The number of alkyl halides is 1. The molecule has 2 aromatic carbocycles. The normalized spacial score (nSPS) is 10.6. The number of nitrogens with zero attached hydrogens (tertiary/aromatic N) is 3. The van der Waals surface area contributed by atoms with Gasteiger partial charge in [0.15, 0.2) is 11.5 Å². The highest BCUT2D eigenvalue weighted by atomic mass is 79.9. The number of ether oxygens (including phenoxy) is 3. The van der Waals surface area contributed by atoms with Gasteiger partial charge in [-0.15, -0.1) is 10.2 Å². The molecule has 136 valence electrons. The molecule has 0 fully saturated rings. The van der Waals surface area contributed by atoms with Crippen molar-refractivity contribution in [1.82, 2.24) is 15.0 Å². The number of hydrogen-bond acceptors (Lipinski definition) is 6. The van der Waals surface area contributed by atoms with Gasteiger partial charge in [-0.2, -0.15) is 4.80 Å². The summed E-state index contributed by atoms with van der Waals surface area (Å²) in [4.78, 5) is 13.0. The summed E-state index contributed by atoms with van der Waals surface area (Å²) in [5.41, 5.74) is 2.64. The molecule has 0 spiro atoms. The van der Waals surface area contributed by atoms with Gasteiger partial charge in [0.25, 0.3) is 0 Å². The smallest absolute Gasteiger partial charge is 0.235 e. The van der Waals surface area contributed by atoms with Gasteiger partial charge in [0, 0.05) is 17.8 Å². The molecule has 0 saturated carbocycles. The highest BCUT2D eigenvalue weighted by Crippen LogP contribution is 2.39. The van der Waals surface area contributed by atoms with Crippen LogP contribution in [0.3, 0.4) is 0 Å². The predicted molar refractivity (Wildman–Crippen MR) is 101 cm³/mol. The fraction of sp³-hybridized carbons (Fsp3) is 0.235. The van der Waals surface area contributed by atoms with Crippen molar-refractivity contribution in [2.75, 3.05) is 32.0 Å². The zero-order chi connectivity index (χ0) is 18.7. The van der Waals surface area contributed by atoms with Gasteiger partial charge in [0.1, 0.15) is 11.0 Å². The molecule has 0 aliphatic rings. The Hall–Kier alpha value is -2.81. The zero-order valence-electron chi connectivity index (χ0n) is 14.4. The number of halogens is 1. The number of carbonyl (C=O) groups is 1. The molecule has 0 radical (unpaired) electrons. The average molecular weight is 421 g/mol. The van der Waals surface area contributed by atoms with Gasteiger partial charge in [0.05, 0.1) is 32.3 Å². The van der Waals surface area contributed by atoms with Gasteiger partial charge in [-0.1, -0.05) is 15.9 Å². The van der Waals surface area contributed by atoms with Crippen molar-refractivity contribution in [2.45, 2.75) is 0 Å². The van der Waals surface area contributed by atoms with E-state index < -0.39 is 0 Å². The van der Waals surface area contributed by atoms with E-state index in [4.69, 9.17) is 14.2 Å². The van der Waals surface area contributed by atoms with E-state index in [0.29, 0.717) is 39.7 Å². The van der Waals surface area contributed by atoms with E-state index in [2.05, 4.69) is 31.4 Å². The van der Waals surface area contributed by atoms with Crippen LogP contribution in [0.5, 0.6) is 17.2 Å². The largest absolute Gasteiger partial charge is 0.493 e. The Balaban J connectivity index is 2.04. The van der Waals surface area contributed by atoms with Crippen molar-refractivity contribution in [3.8, 4) is 22.9 Å². The minimum absolute atomic E-state index is 0.138. The third-order valence-electron chi connectivity index (χ3n) is 3.67. The number of benzene rings is 2. The summed E-state index contributed by atoms with van der Waals surface area (Å²) in [5, 5.41) is 11.9. The second-order valence-electron chi connectivity index (χ2n) is 5.26. The van der Waals surface area contributed by atoms with Crippen LogP contribution in [-0.4, -0.2) is 47.6 Å². The first-order valence-corrected chi connectivity index (χ1v) is 8.75. The van der Waals surface area contributed by atoms with E-state index in [-0.39, 0.29) is 11.2 Å². The minimum Gasteiger partial charge on any atom is -0.493 e. The van der Waals surface area contributed by atoms with Crippen LogP contribution in [-0.2, 0) is 4.79 Å². The average Bonchev–Trinajstić information content (AvgIpc) is 3.09. The van der Waals surface area contributed by atoms with Crippen LogP contribution in [0.4, 0.5) is 5.69 Å². The lowest BCUT2D eigenvalue weighted by Gasteiger charge is -2.13. The molecule has 3 rings (SSSR count). The van der Waals surface area contributed by atoms with Crippen molar-refractivity contribution in [2.24, 2.45) is 0 Å². The molecule has 1 heterocycles. The van der Waals surface area contributed by atoms with Crippen LogP contribution in [0.2, 0.25) is 0 Å². The van der Waals surface area contributed by atoms with Gasteiger partial charge in [-0.05, 0) is 18.2 Å². The van der Waals surface area contributed by atoms with Crippen molar-refractivity contribution < 1.29 is 19.0 Å². The first-order chi connectivity index (χ1) is 12.6. The third-order valence-corrected chi connectivity index (χ3v) is 4.18. The summed E-state index contributed by atoms with van der Waals surface area (Å²) >= 11 is 3.12. The van der Waals surface area contributed by atoms with Crippen molar-refractivity contribution in [3.05, 3.63) is 30.3 Å². The van der Waals surface area contributed by atoms with Crippen molar-refractivity contribution in [1.29, 1.82) is 0 Å². The third kappa shape index (κ3) is 3.43. The second-order valence-corrected chi connectivity index (χ2v) is 5.82. The summed E-state index contributed by atoms with van der Waals surface area (Å²) in [6.07, 6.45) is 0. The predicted octanol–water partition coefficient (Wildman–Crippen LogP) is 2.78. The zero-order valence-corrected chi connectivity index (χ0v) is 16.0. The molecule has 0 aliphatic carbocycles. The molecule has 1 aromatic heterocycles. The molecule has 0 atom stereocenters. The number of rotatable bonds is 6. The standard InChI is InChI=1S/C17H17BrN4O4/c1-24-14-7-11(8-15(25-2)17(14)26-3)22-20-12-5-4-10(6-13(12)21-22)19-16(23)9-18/h4-8H,9H2,1-3H3,(H,19,23). The topological polar surface area (TPSA) is 87.5 Å². The number of carbonyl (C=O) groups excluding carboxylic acids is 1. The Labute approximate surface area is 158 Å². The Kier molecular flexibility index (Phi) is 5.27. The van der Waals surface area contributed by atoms with E-state index in [1.165, 1.54) is 4.80 Å². The summed E-state index contributed by atoms with van der Waals surface area (Å²) in [7, 11) is 4.64. The number of anilines is 1. The van der Waals surface area contributed by atoms with Crippen LogP contribution in [0.25, 0.3) is 16.7 Å². The van der Waals surface area contributed by atoms with E-state index in [1.54, 1.807) is 51.7 Å². The summed E-state index contributed by atoms with van der Waals surface area (Å²) in [5.74, 6) is 1.37. The molecule has 3 aromatic rings. The maximum Gasteiger partial charge on any atom is 0.235 e. The lowest BCUT2D eigenvalue weighted by molar-refractivity contribution is -0.113. The summed E-state index contributed by atoms with van der Waals surface area (Å²) in [6.45, 7) is 0. The monoisotopic (exact) mass is 420 g/mol. The number of aromatic nitrogens is 3. The van der Waals surface area contributed by atoms with Gasteiger partial charge >= 0.3 is 0 Å². The maximum absolute atomic E-state index is 11.5. The summed E-state index contributed by atoms with van der Waals surface area (Å²) in [6, 6.07) is 8.84. The number of amides is 1. The molecule has 8 nitrogen and oxygen atoms in total. The van der Waals surface area contributed by atoms with Crippen LogP contribution in [0, 0.1) is 0 Å².